The van der Waals surface area contributed by atoms with Gasteiger partial charge in [-0.3, -0.25) is 9.78 Å². The normalized spacial score (nSPS) is 14.4. The number of rotatable bonds is 8. The molecule has 3 aromatic carbocycles. The fourth-order valence-electron chi connectivity index (χ4n) is 5.75. The summed E-state index contributed by atoms with van der Waals surface area (Å²) in [7, 11) is 3.17. The van der Waals surface area contributed by atoms with E-state index in [2.05, 4.69) is 22.5 Å². The molecule has 1 heterocycles. The molecule has 1 aromatic heterocycles. The molecule has 0 bridgehead atoms. The highest BCUT2D eigenvalue weighted by Gasteiger charge is 2.44. The van der Waals surface area contributed by atoms with E-state index in [-0.39, 0.29) is 28.9 Å². The minimum absolute atomic E-state index is 0.118. The number of benzene rings is 3. The summed E-state index contributed by atoms with van der Waals surface area (Å²) >= 11 is 0. The summed E-state index contributed by atoms with van der Waals surface area (Å²) < 4.78 is 32.8. The van der Waals surface area contributed by atoms with Gasteiger partial charge in [0.1, 0.15) is 23.7 Å². The molecule has 0 saturated heterocycles. The molecule has 248 valence electrons. The van der Waals surface area contributed by atoms with E-state index in [4.69, 9.17) is 9.53 Å². The number of ether oxygens (including phenoxy) is 1. The van der Waals surface area contributed by atoms with Gasteiger partial charge in [-0.05, 0) is 110 Å². The Balaban J connectivity index is 0.000000324. The molecule has 47 heavy (non-hydrogen) atoms. The van der Waals surface area contributed by atoms with E-state index in [1.54, 1.807) is 25.4 Å². The Morgan fingerprint density at radius 1 is 1.06 bits per heavy atom. The van der Waals surface area contributed by atoms with Crippen LogP contribution in [0.3, 0.4) is 0 Å². The fourth-order valence-corrected chi connectivity index (χ4v) is 5.75. The van der Waals surface area contributed by atoms with Crippen molar-refractivity contribution in [3.05, 3.63) is 112 Å². The highest BCUT2D eigenvalue weighted by atomic mass is 19.1. The zero-order chi connectivity index (χ0) is 34.3. The van der Waals surface area contributed by atoms with Crippen molar-refractivity contribution in [1.82, 2.24) is 10.3 Å². The fraction of sp³-hybridized carbons (Fsp3) is 0.359. The van der Waals surface area contributed by atoms with E-state index >= 15 is 4.39 Å². The predicted molar refractivity (Wildman–Crippen MR) is 185 cm³/mol. The van der Waals surface area contributed by atoms with E-state index in [9.17, 15) is 9.18 Å². The number of hydrogen-bond acceptors (Lipinski definition) is 5. The second kappa shape index (κ2) is 15.3. The Bertz CT molecular complexity index is 1790. The minimum Gasteiger partial charge on any atom is -0.496 e. The molecule has 0 spiro atoms. The van der Waals surface area contributed by atoms with Gasteiger partial charge in [-0.1, -0.05) is 32.9 Å². The van der Waals surface area contributed by atoms with Crippen LogP contribution >= 0.6 is 0 Å². The van der Waals surface area contributed by atoms with Crippen LogP contribution in [0.15, 0.2) is 72.1 Å². The average molecular weight is 642 g/mol. The molecule has 2 N–H and O–H groups in total. The molecule has 2 saturated carbocycles. The maximum Gasteiger partial charge on any atom is 0.251 e. The number of methoxy groups -OCH3 is 1. The number of nitrogens with zero attached hydrogens (tertiary/aromatic N) is 1. The van der Waals surface area contributed by atoms with Crippen LogP contribution in [0.1, 0.15) is 91.9 Å². The monoisotopic (exact) mass is 641 g/mol. The first kappa shape index (κ1) is 35.3. The van der Waals surface area contributed by atoms with Gasteiger partial charge in [0.25, 0.3) is 5.91 Å². The number of anilines is 1. The summed E-state index contributed by atoms with van der Waals surface area (Å²) in [5.41, 5.74) is 8.81. The van der Waals surface area contributed by atoms with Crippen molar-refractivity contribution < 1.29 is 23.1 Å². The van der Waals surface area contributed by atoms with E-state index in [1.165, 1.54) is 50.3 Å². The number of pyridine rings is 1. The Morgan fingerprint density at radius 3 is 2.32 bits per heavy atom. The quantitative estimate of drug-likeness (QED) is 0.188. The van der Waals surface area contributed by atoms with Crippen molar-refractivity contribution in [2.24, 2.45) is 5.41 Å². The molecule has 2 aliphatic carbocycles. The highest BCUT2D eigenvalue weighted by Crippen LogP contribution is 2.55. The van der Waals surface area contributed by atoms with Gasteiger partial charge in [0.2, 0.25) is 0 Å². The van der Waals surface area contributed by atoms with Gasteiger partial charge < -0.3 is 20.2 Å². The molecule has 8 heteroatoms. The van der Waals surface area contributed by atoms with Crippen molar-refractivity contribution in [3.8, 4) is 5.75 Å². The smallest absolute Gasteiger partial charge is 0.251 e. The number of amides is 1. The Labute approximate surface area is 276 Å². The number of aldehydes is 1. The van der Waals surface area contributed by atoms with Crippen molar-refractivity contribution in [2.45, 2.75) is 72.6 Å². The van der Waals surface area contributed by atoms with Crippen LogP contribution in [0.2, 0.25) is 0 Å². The Hall–Kier alpha value is -4.59. The number of carbonyl (C=O) groups is 2. The first-order chi connectivity index (χ1) is 22.5. The van der Waals surface area contributed by atoms with Crippen LogP contribution in [0.4, 0.5) is 14.5 Å². The summed E-state index contributed by atoms with van der Waals surface area (Å²) in [4.78, 5) is 25.8. The molecular formula is C39H45F2N3O3. The summed E-state index contributed by atoms with van der Waals surface area (Å²) in [5, 5.41) is 7.16. The largest absolute Gasteiger partial charge is 0.496 e. The third-order valence-corrected chi connectivity index (χ3v) is 8.88. The zero-order valence-electron chi connectivity index (χ0n) is 28.4. The SMILES string of the molecule is CC=O.CCc1cc2nccc(C(C)c3ccc(NC(=C4CC4)C4(C)CC4)cc3F)c2cc1C(=O)NC.COc1cc(F)ccc1C. The summed E-state index contributed by atoms with van der Waals surface area (Å²) in [5.74, 6) is -0.192. The standard InChI is InChI=1S/C29H32FN3O.C8H9FO.C2H4O/c1-5-18-14-26-24(16-23(18)28(34)31-4)21(10-13-32-26)17(2)22-9-8-20(15-25(22)30)33-27(19-6-7-19)29(3)11-12-29;1-6-3-4-7(9)5-8(6)10-2;1-2-3/h8-10,13-17,33H,5-7,11-12H2,1-4H3,(H,31,34);3-5H,1-2H3;2H,1H3. The number of aromatic nitrogens is 1. The van der Waals surface area contributed by atoms with Gasteiger partial charge in [0, 0.05) is 53.0 Å². The Morgan fingerprint density at radius 2 is 1.77 bits per heavy atom. The number of hydrogen-bond donors (Lipinski definition) is 2. The summed E-state index contributed by atoms with van der Waals surface area (Å²) in [6.45, 7) is 9.65. The summed E-state index contributed by atoms with van der Waals surface area (Å²) in [6.07, 6.45) is 7.96. The number of nitrogens with one attached hydrogen (secondary N) is 2. The van der Waals surface area contributed by atoms with E-state index < -0.39 is 0 Å². The van der Waals surface area contributed by atoms with E-state index in [0.717, 1.165) is 58.8 Å². The van der Waals surface area contributed by atoms with Gasteiger partial charge >= 0.3 is 0 Å². The molecule has 1 unspecified atom stereocenters. The molecular weight excluding hydrogens is 596 g/mol. The summed E-state index contributed by atoms with van der Waals surface area (Å²) in [6, 6.07) is 15.8. The lowest BCUT2D eigenvalue weighted by Crippen LogP contribution is -2.19. The van der Waals surface area contributed by atoms with Gasteiger partial charge in [0.15, 0.2) is 0 Å². The highest BCUT2D eigenvalue weighted by molar-refractivity contribution is 6.00. The number of fused-ring (bicyclic) bond motifs is 1. The van der Waals surface area contributed by atoms with Crippen LogP contribution in [0.25, 0.3) is 10.9 Å². The third kappa shape index (κ3) is 8.42. The molecule has 6 rings (SSSR count). The topological polar surface area (TPSA) is 80.3 Å². The molecule has 0 radical (unpaired) electrons. The average Bonchev–Trinajstić information content (AvgIpc) is 4.02. The lowest BCUT2D eigenvalue weighted by atomic mass is 9.88. The maximum atomic E-state index is 15.4. The van der Waals surface area contributed by atoms with Crippen molar-refractivity contribution >= 4 is 28.8 Å². The first-order valence-corrected chi connectivity index (χ1v) is 16.1. The molecule has 1 amide bonds. The van der Waals surface area contributed by atoms with Gasteiger partial charge in [-0.25, -0.2) is 8.78 Å². The molecule has 1 atom stereocenters. The van der Waals surface area contributed by atoms with Gasteiger partial charge in [-0.2, -0.15) is 0 Å². The van der Waals surface area contributed by atoms with E-state index in [1.807, 2.05) is 51.1 Å². The maximum absolute atomic E-state index is 15.4. The first-order valence-electron chi connectivity index (χ1n) is 16.1. The lowest BCUT2D eigenvalue weighted by molar-refractivity contribution is -0.106. The van der Waals surface area contributed by atoms with Crippen molar-refractivity contribution in [2.75, 3.05) is 19.5 Å². The number of halogens is 2. The molecule has 2 fully saturated rings. The lowest BCUT2D eigenvalue weighted by Gasteiger charge is -2.20. The molecule has 4 aromatic rings. The van der Waals surface area contributed by atoms with E-state index in [0.29, 0.717) is 16.9 Å². The van der Waals surface area contributed by atoms with Crippen LogP contribution in [-0.2, 0) is 11.2 Å². The Kier molecular flexibility index (Phi) is 11.5. The van der Waals surface area contributed by atoms with Crippen LogP contribution < -0.4 is 15.4 Å². The van der Waals surface area contributed by atoms with Crippen LogP contribution in [0, 0.1) is 24.0 Å². The zero-order valence-corrected chi connectivity index (χ0v) is 28.4. The minimum atomic E-state index is -0.262. The second-order valence-corrected chi connectivity index (χ2v) is 12.3. The molecule has 0 aliphatic heterocycles. The predicted octanol–water partition coefficient (Wildman–Crippen LogP) is 9.06. The number of aryl methyl sites for hydroxylation is 2. The van der Waals surface area contributed by atoms with Crippen LogP contribution in [0.5, 0.6) is 5.75 Å². The second-order valence-electron chi connectivity index (χ2n) is 12.3. The van der Waals surface area contributed by atoms with Crippen LogP contribution in [-0.4, -0.2) is 31.3 Å². The van der Waals surface area contributed by atoms with Crippen molar-refractivity contribution in [1.29, 1.82) is 0 Å². The van der Waals surface area contributed by atoms with Gasteiger partial charge in [-0.15, -0.1) is 0 Å². The van der Waals surface area contributed by atoms with Crippen molar-refractivity contribution in [3.63, 3.8) is 0 Å². The molecule has 6 nitrogen and oxygen atoms in total. The molecule has 2 aliphatic rings. The number of carbonyl (C=O) groups excluding carboxylic acids is 2. The number of allylic oxidation sites excluding steroid dienone is 2. The third-order valence-electron chi connectivity index (χ3n) is 8.88. The van der Waals surface area contributed by atoms with Gasteiger partial charge in [0.05, 0.1) is 12.6 Å².